The van der Waals surface area contributed by atoms with Gasteiger partial charge in [0.05, 0.1) is 34.8 Å². The molecule has 3 heterocycles. The largest absolute Gasteiger partial charge is 0.395 e. The SMILES string of the molecule is C=CCN(CCC)C(=O)[C@@H]1[C@H]2C(=O)N(CCO)C(C(=O)N(CC=C)c3c(C)cccc3Cl)C23CC[C@@]1(CC)O3. The van der Waals surface area contributed by atoms with Gasteiger partial charge in [-0.05, 0) is 44.2 Å². The van der Waals surface area contributed by atoms with Crippen molar-refractivity contribution >= 4 is 35.0 Å². The molecule has 1 aromatic rings. The van der Waals surface area contributed by atoms with E-state index in [4.69, 9.17) is 16.3 Å². The van der Waals surface area contributed by atoms with Gasteiger partial charge in [-0.1, -0.05) is 49.7 Å². The van der Waals surface area contributed by atoms with E-state index in [-0.39, 0.29) is 37.4 Å². The summed E-state index contributed by atoms with van der Waals surface area (Å²) < 4.78 is 6.84. The second-order valence-electron chi connectivity index (χ2n) is 10.8. The minimum atomic E-state index is -1.18. The molecule has 2 unspecified atom stereocenters. The molecule has 0 saturated carbocycles. The quantitative estimate of drug-likeness (QED) is 0.395. The van der Waals surface area contributed by atoms with Crippen molar-refractivity contribution in [2.45, 2.75) is 63.7 Å². The van der Waals surface area contributed by atoms with Gasteiger partial charge < -0.3 is 24.5 Å². The first-order valence-corrected chi connectivity index (χ1v) is 14.2. The van der Waals surface area contributed by atoms with Crippen molar-refractivity contribution in [3.05, 3.63) is 54.1 Å². The molecule has 3 aliphatic heterocycles. The molecule has 1 N–H and O–H groups in total. The van der Waals surface area contributed by atoms with Crippen molar-refractivity contribution in [1.82, 2.24) is 9.80 Å². The summed E-state index contributed by atoms with van der Waals surface area (Å²) >= 11 is 6.59. The Balaban J connectivity index is 1.84. The summed E-state index contributed by atoms with van der Waals surface area (Å²) in [6, 6.07) is 4.40. The highest BCUT2D eigenvalue weighted by Gasteiger charge is 2.79. The average Bonchev–Trinajstić information content (AvgIpc) is 3.51. The molecule has 0 aromatic heterocycles. The molecule has 212 valence electrons. The lowest BCUT2D eigenvalue weighted by molar-refractivity contribution is -0.151. The van der Waals surface area contributed by atoms with Gasteiger partial charge in [0.2, 0.25) is 11.8 Å². The van der Waals surface area contributed by atoms with Gasteiger partial charge in [-0.15, -0.1) is 13.2 Å². The van der Waals surface area contributed by atoms with E-state index in [2.05, 4.69) is 13.2 Å². The van der Waals surface area contributed by atoms with Crippen LogP contribution >= 0.6 is 11.6 Å². The van der Waals surface area contributed by atoms with Crippen LogP contribution in [-0.4, -0.2) is 82.7 Å². The summed E-state index contributed by atoms with van der Waals surface area (Å²) in [6.45, 7) is 14.2. The number of aliphatic hydroxyl groups excluding tert-OH is 1. The van der Waals surface area contributed by atoms with E-state index in [9.17, 15) is 19.5 Å². The van der Waals surface area contributed by atoms with Gasteiger partial charge >= 0.3 is 0 Å². The highest BCUT2D eigenvalue weighted by Crippen LogP contribution is 2.64. The number of anilines is 1. The van der Waals surface area contributed by atoms with Gasteiger partial charge in [0.1, 0.15) is 11.6 Å². The summed E-state index contributed by atoms with van der Waals surface area (Å²) in [5.74, 6) is -2.35. The Morgan fingerprint density at radius 3 is 2.51 bits per heavy atom. The number of aryl methyl sites for hydroxylation is 1. The van der Waals surface area contributed by atoms with Crippen LogP contribution in [0.1, 0.15) is 45.1 Å². The summed E-state index contributed by atoms with van der Waals surface area (Å²) in [5, 5.41) is 10.3. The number of nitrogens with zero attached hydrogens (tertiary/aromatic N) is 3. The Morgan fingerprint density at radius 2 is 1.92 bits per heavy atom. The third-order valence-corrected chi connectivity index (χ3v) is 9.02. The summed E-state index contributed by atoms with van der Waals surface area (Å²) in [6.07, 6.45) is 5.66. The third-order valence-electron chi connectivity index (χ3n) is 8.71. The first-order chi connectivity index (χ1) is 18.7. The van der Waals surface area contributed by atoms with Crippen molar-refractivity contribution < 1.29 is 24.2 Å². The van der Waals surface area contributed by atoms with Gasteiger partial charge in [0.15, 0.2) is 0 Å². The predicted octanol–water partition coefficient (Wildman–Crippen LogP) is 3.74. The highest BCUT2D eigenvalue weighted by molar-refractivity contribution is 6.34. The lowest BCUT2D eigenvalue weighted by atomic mass is 9.64. The zero-order valence-corrected chi connectivity index (χ0v) is 24.0. The smallest absolute Gasteiger partial charge is 0.253 e. The number of para-hydroxylation sites is 1. The molecule has 4 rings (SSSR count). The van der Waals surface area contributed by atoms with Crippen LogP contribution in [-0.2, 0) is 19.1 Å². The topological polar surface area (TPSA) is 90.4 Å². The summed E-state index contributed by atoms with van der Waals surface area (Å²) in [5.41, 5.74) is -0.664. The molecule has 8 nitrogen and oxygen atoms in total. The van der Waals surface area contributed by atoms with E-state index >= 15 is 0 Å². The van der Waals surface area contributed by atoms with Crippen molar-refractivity contribution in [3.63, 3.8) is 0 Å². The Hall–Kier alpha value is -2.68. The number of carbonyl (C=O) groups is 3. The Kier molecular flexibility index (Phi) is 8.59. The van der Waals surface area contributed by atoms with E-state index in [0.717, 1.165) is 12.0 Å². The van der Waals surface area contributed by atoms with Crippen molar-refractivity contribution in [3.8, 4) is 0 Å². The maximum atomic E-state index is 14.6. The molecular weight excluding hydrogens is 518 g/mol. The number of hydrogen-bond acceptors (Lipinski definition) is 5. The fourth-order valence-electron chi connectivity index (χ4n) is 7.17. The van der Waals surface area contributed by atoms with Crippen LogP contribution in [0.25, 0.3) is 0 Å². The maximum absolute atomic E-state index is 14.6. The van der Waals surface area contributed by atoms with Crippen LogP contribution in [0.2, 0.25) is 5.02 Å². The summed E-state index contributed by atoms with van der Waals surface area (Å²) in [7, 11) is 0. The number of likely N-dealkylation sites (tertiary alicyclic amines) is 1. The number of fused-ring (bicyclic) bond motifs is 1. The van der Waals surface area contributed by atoms with Gasteiger partial charge in [-0.25, -0.2) is 0 Å². The minimum absolute atomic E-state index is 0.0361. The van der Waals surface area contributed by atoms with Crippen molar-refractivity contribution in [2.75, 3.05) is 37.7 Å². The molecule has 9 heteroatoms. The number of halogens is 1. The summed E-state index contributed by atoms with van der Waals surface area (Å²) in [4.78, 5) is 47.5. The lowest BCUT2D eigenvalue weighted by Gasteiger charge is -2.37. The first-order valence-electron chi connectivity index (χ1n) is 13.9. The number of aliphatic hydroxyl groups is 1. The predicted molar refractivity (Wildman–Crippen MR) is 151 cm³/mol. The zero-order chi connectivity index (χ0) is 28.5. The fraction of sp³-hybridized carbons (Fsp3) is 0.567. The van der Waals surface area contributed by atoms with Gasteiger partial charge in [-0.2, -0.15) is 0 Å². The highest BCUT2D eigenvalue weighted by atomic mass is 35.5. The maximum Gasteiger partial charge on any atom is 0.253 e. The van der Waals surface area contributed by atoms with E-state index in [0.29, 0.717) is 43.1 Å². The number of β-amino-alcohol motifs (C(OH)–C–C–N with tert-alkyl or cyclic N) is 1. The van der Waals surface area contributed by atoms with Gasteiger partial charge in [-0.3, -0.25) is 14.4 Å². The van der Waals surface area contributed by atoms with E-state index < -0.39 is 29.1 Å². The average molecular weight is 558 g/mol. The second kappa shape index (κ2) is 11.4. The molecule has 1 spiro atoms. The number of hydrogen-bond donors (Lipinski definition) is 1. The van der Waals surface area contributed by atoms with E-state index in [1.54, 1.807) is 28.0 Å². The molecule has 39 heavy (non-hydrogen) atoms. The molecular formula is C30H40ClN3O5. The van der Waals surface area contributed by atoms with Gasteiger partial charge in [0, 0.05) is 26.2 Å². The molecule has 1 aromatic carbocycles. The second-order valence-corrected chi connectivity index (χ2v) is 11.2. The Bertz CT molecular complexity index is 1140. The number of benzene rings is 1. The zero-order valence-electron chi connectivity index (χ0n) is 23.2. The normalized spacial score (nSPS) is 28.9. The van der Waals surface area contributed by atoms with Gasteiger partial charge in [0.25, 0.3) is 5.91 Å². The molecule has 0 radical (unpaired) electrons. The Labute approximate surface area is 236 Å². The van der Waals surface area contributed by atoms with Crippen LogP contribution < -0.4 is 4.90 Å². The van der Waals surface area contributed by atoms with Crippen LogP contribution in [0.5, 0.6) is 0 Å². The van der Waals surface area contributed by atoms with Crippen LogP contribution in [0.15, 0.2) is 43.5 Å². The monoisotopic (exact) mass is 557 g/mol. The lowest BCUT2D eigenvalue weighted by Crippen LogP contribution is -2.57. The van der Waals surface area contributed by atoms with Crippen LogP contribution in [0, 0.1) is 18.8 Å². The number of amides is 3. The van der Waals surface area contributed by atoms with Crippen LogP contribution in [0.4, 0.5) is 5.69 Å². The van der Waals surface area contributed by atoms with E-state index in [1.165, 1.54) is 4.90 Å². The Morgan fingerprint density at radius 1 is 1.21 bits per heavy atom. The first kappa shape index (κ1) is 29.3. The number of ether oxygens (including phenoxy) is 1. The molecule has 3 saturated heterocycles. The number of carbonyl (C=O) groups excluding carboxylic acids is 3. The molecule has 5 atom stereocenters. The molecule has 3 amide bonds. The molecule has 0 aliphatic carbocycles. The number of rotatable bonds is 12. The third kappa shape index (κ3) is 4.50. The van der Waals surface area contributed by atoms with E-state index in [1.807, 2.05) is 32.9 Å². The van der Waals surface area contributed by atoms with Crippen molar-refractivity contribution in [1.29, 1.82) is 0 Å². The van der Waals surface area contributed by atoms with Crippen molar-refractivity contribution in [2.24, 2.45) is 11.8 Å². The van der Waals surface area contributed by atoms with Crippen LogP contribution in [0.3, 0.4) is 0 Å². The molecule has 3 aliphatic rings. The fourth-order valence-corrected chi connectivity index (χ4v) is 7.49. The molecule has 3 fully saturated rings. The molecule has 2 bridgehead atoms. The minimum Gasteiger partial charge on any atom is -0.395 e. The standard InChI is InChI=1S/C30H40ClN3O5/c1-6-15-32(16-7-2)26(36)22-23-27(37)34(18-19-35)25(30(23)14-13-29(22,9-4)39-30)28(38)33(17-8-3)24-20(5)11-10-12-21(24)31/h6,8,10-12,22-23,25,35H,1,3,7,9,13-19H2,2,4-5H3/t22-,23-,25?,29+,30?/m0/s1.